The molecule has 2 nitrogen and oxygen atoms in total. The van der Waals surface area contributed by atoms with E-state index in [4.69, 9.17) is 4.74 Å². The molecule has 0 heterocycles. The maximum Gasteiger partial charge on any atom is 0.119 e. The van der Waals surface area contributed by atoms with Crippen molar-refractivity contribution in [1.82, 2.24) is 0 Å². The van der Waals surface area contributed by atoms with Gasteiger partial charge in [0.15, 0.2) is 0 Å². The minimum Gasteiger partial charge on any atom is -0.508 e. The van der Waals surface area contributed by atoms with Crippen molar-refractivity contribution >= 4 is 32.3 Å². The van der Waals surface area contributed by atoms with E-state index in [0.29, 0.717) is 0 Å². The molecule has 0 atom stereocenters. The molecule has 0 spiro atoms. The summed E-state index contributed by atoms with van der Waals surface area (Å²) in [5.74, 6) is 1.10. The lowest BCUT2D eigenvalue weighted by Gasteiger charge is -2.11. The van der Waals surface area contributed by atoms with Gasteiger partial charge in [0, 0.05) is 0 Å². The van der Waals surface area contributed by atoms with Crippen LogP contribution in [0.1, 0.15) is 0 Å². The molecule has 1 N–H and O–H groups in total. The van der Waals surface area contributed by atoms with Crippen LogP contribution in [0.15, 0.2) is 60.7 Å². The molecule has 0 saturated carbocycles. The Kier molecular flexibility index (Phi) is 2.51. The van der Waals surface area contributed by atoms with Crippen molar-refractivity contribution in [3.63, 3.8) is 0 Å². The van der Waals surface area contributed by atoms with Gasteiger partial charge in [-0.05, 0) is 56.6 Å². The third-order valence-corrected chi connectivity index (χ3v) is 4.03. The highest BCUT2D eigenvalue weighted by Gasteiger charge is 2.09. The summed E-state index contributed by atoms with van der Waals surface area (Å²) in [6.07, 6.45) is 0. The van der Waals surface area contributed by atoms with E-state index in [1.807, 2.05) is 30.3 Å². The molecule has 0 radical (unpaired) electrons. The van der Waals surface area contributed by atoms with E-state index in [1.54, 1.807) is 13.2 Å². The van der Waals surface area contributed by atoms with Crippen molar-refractivity contribution < 1.29 is 9.84 Å². The largest absolute Gasteiger partial charge is 0.508 e. The Hall–Kier alpha value is -2.74. The SMILES string of the molecule is COc1ccc2c3ccccc3c3ccc(O)cc3c2c1. The summed E-state index contributed by atoms with van der Waals surface area (Å²) in [6, 6.07) is 20.0. The average molecular weight is 274 g/mol. The number of methoxy groups -OCH3 is 1. The second-order valence-corrected chi connectivity index (χ2v) is 5.19. The van der Waals surface area contributed by atoms with Crippen LogP contribution in [0.2, 0.25) is 0 Å². The van der Waals surface area contributed by atoms with Crippen molar-refractivity contribution in [2.75, 3.05) is 7.11 Å². The van der Waals surface area contributed by atoms with Gasteiger partial charge in [0.2, 0.25) is 0 Å². The molecule has 4 aromatic rings. The van der Waals surface area contributed by atoms with Crippen LogP contribution < -0.4 is 4.74 Å². The first kappa shape index (κ1) is 12.0. The van der Waals surface area contributed by atoms with Gasteiger partial charge in [-0.25, -0.2) is 0 Å². The first-order valence-corrected chi connectivity index (χ1v) is 6.89. The van der Waals surface area contributed by atoms with Gasteiger partial charge >= 0.3 is 0 Å². The predicted molar refractivity (Wildman–Crippen MR) is 87.2 cm³/mol. The lowest BCUT2D eigenvalue weighted by molar-refractivity contribution is 0.415. The van der Waals surface area contributed by atoms with Gasteiger partial charge in [-0.2, -0.15) is 0 Å². The van der Waals surface area contributed by atoms with Gasteiger partial charge < -0.3 is 9.84 Å². The molecule has 0 aliphatic heterocycles. The molecule has 0 aromatic heterocycles. The highest BCUT2D eigenvalue weighted by molar-refractivity contribution is 6.25. The Morgan fingerprint density at radius 1 is 0.667 bits per heavy atom. The van der Waals surface area contributed by atoms with Crippen LogP contribution in [0.4, 0.5) is 0 Å². The molecule has 4 aromatic carbocycles. The smallest absolute Gasteiger partial charge is 0.119 e. The average Bonchev–Trinajstić information content (AvgIpc) is 2.54. The number of rotatable bonds is 1. The van der Waals surface area contributed by atoms with E-state index in [-0.39, 0.29) is 5.75 Å². The van der Waals surface area contributed by atoms with Gasteiger partial charge in [0.05, 0.1) is 7.11 Å². The monoisotopic (exact) mass is 274 g/mol. The van der Waals surface area contributed by atoms with Crippen LogP contribution in [0.5, 0.6) is 11.5 Å². The summed E-state index contributed by atoms with van der Waals surface area (Å²) in [5, 5.41) is 16.7. The summed E-state index contributed by atoms with van der Waals surface area (Å²) in [4.78, 5) is 0. The van der Waals surface area contributed by atoms with Crippen molar-refractivity contribution in [3.8, 4) is 11.5 Å². The Balaban J connectivity index is 2.34. The Labute approximate surface area is 122 Å². The fourth-order valence-electron chi connectivity index (χ4n) is 3.05. The van der Waals surface area contributed by atoms with Crippen molar-refractivity contribution in [2.24, 2.45) is 0 Å². The number of benzene rings is 4. The molecule has 0 bridgehead atoms. The zero-order valence-corrected chi connectivity index (χ0v) is 11.6. The number of ether oxygens (including phenoxy) is 1. The van der Waals surface area contributed by atoms with Crippen molar-refractivity contribution in [3.05, 3.63) is 60.7 Å². The summed E-state index contributed by atoms with van der Waals surface area (Å²) in [6.45, 7) is 0. The highest BCUT2D eigenvalue weighted by Crippen LogP contribution is 2.37. The Bertz CT molecular complexity index is 987. The van der Waals surface area contributed by atoms with Crippen LogP contribution in [0.3, 0.4) is 0 Å². The highest BCUT2D eigenvalue weighted by atomic mass is 16.5. The minimum atomic E-state index is 0.280. The standard InChI is InChI=1S/C19H14O2/c1-21-13-7-9-17-15-5-3-2-4-14(15)16-8-6-12(20)10-18(16)19(17)11-13/h2-11,20H,1H3. The fraction of sp³-hybridized carbons (Fsp3) is 0.0526. The molecule has 4 rings (SSSR count). The first-order valence-electron chi connectivity index (χ1n) is 6.89. The van der Waals surface area contributed by atoms with Gasteiger partial charge in [-0.3, -0.25) is 0 Å². The molecular formula is C19H14O2. The molecule has 102 valence electrons. The molecular weight excluding hydrogens is 260 g/mol. The Morgan fingerprint density at radius 3 is 1.90 bits per heavy atom. The fourth-order valence-corrected chi connectivity index (χ4v) is 3.05. The molecule has 2 heteroatoms. The number of hydrogen-bond acceptors (Lipinski definition) is 2. The maximum atomic E-state index is 9.86. The van der Waals surface area contributed by atoms with Crippen LogP contribution in [0, 0.1) is 0 Å². The van der Waals surface area contributed by atoms with E-state index in [0.717, 1.165) is 21.9 Å². The van der Waals surface area contributed by atoms with Gasteiger partial charge in [-0.1, -0.05) is 36.4 Å². The Morgan fingerprint density at radius 2 is 1.24 bits per heavy atom. The minimum absolute atomic E-state index is 0.280. The summed E-state index contributed by atoms with van der Waals surface area (Å²) in [7, 11) is 1.67. The van der Waals surface area contributed by atoms with Gasteiger partial charge in [-0.15, -0.1) is 0 Å². The summed E-state index contributed by atoms with van der Waals surface area (Å²) in [5.41, 5.74) is 0. The molecule has 0 unspecified atom stereocenters. The number of phenols is 1. The number of fused-ring (bicyclic) bond motifs is 6. The molecule has 0 amide bonds. The summed E-state index contributed by atoms with van der Waals surface area (Å²) >= 11 is 0. The van der Waals surface area contributed by atoms with E-state index in [9.17, 15) is 5.11 Å². The third-order valence-electron chi connectivity index (χ3n) is 4.03. The molecule has 0 aliphatic carbocycles. The van der Waals surface area contributed by atoms with Crippen LogP contribution in [0.25, 0.3) is 32.3 Å². The van der Waals surface area contributed by atoms with Crippen LogP contribution in [-0.2, 0) is 0 Å². The molecule has 0 aliphatic rings. The van der Waals surface area contributed by atoms with Crippen molar-refractivity contribution in [2.45, 2.75) is 0 Å². The van der Waals surface area contributed by atoms with E-state index in [2.05, 4.69) is 24.3 Å². The third kappa shape index (κ3) is 1.73. The maximum absolute atomic E-state index is 9.86. The topological polar surface area (TPSA) is 29.5 Å². The van der Waals surface area contributed by atoms with Crippen molar-refractivity contribution in [1.29, 1.82) is 0 Å². The number of hydrogen-bond donors (Lipinski definition) is 1. The second-order valence-electron chi connectivity index (χ2n) is 5.19. The quantitative estimate of drug-likeness (QED) is 0.502. The first-order chi connectivity index (χ1) is 10.3. The second kappa shape index (κ2) is 4.38. The zero-order chi connectivity index (χ0) is 14.4. The lowest BCUT2D eigenvalue weighted by Crippen LogP contribution is -1.86. The number of phenolic OH excluding ortho intramolecular Hbond substituents is 1. The van der Waals surface area contributed by atoms with E-state index in [1.165, 1.54) is 16.2 Å². The molecule has 0 saturated heterocycles. The summed E-state index contributed by atoms with van der Waals surface area (Å²) < 4.78 is 5.35. The lowest BCUT2D eigenvalue weighted by atomic mass is 9.94. The predicted octanol–water partition coefficient (Wildman–Crippen LogP) is 4.86. The van der Waals surface area contributed by atoms with E-state index < -0.39 is 0 Å². The van der Waals surface area contributed by atoms with Crippen LogP contribution in [-0.4, -0.2) is 12.2 Å². The molecule has 21 heavy (non-hydrogen) atoms. The normalized spacial score (nSPS) is 11.3. The van der Waals surface area contributed by atoms with Crippen LogP contribution >= 0.6 is 0 Å². The van der Waals surface area contributed by atoms with Gasteiger partial charge in [0.25, 0.3) is 0 Å². The zero-order valence-electron chi connectivity index (χ0n) is 11.6. The molecule has 0 fully saturated rings. The van der Waals surface area contributed by atoms with E-state index >= 15 is 0 Å². The van der Waals surface area contributed by atoms with Gasteiger partial charge in [0.1, 0.15) is 11.5 Å². The number of aromatic hydroxyl groups is 1.